The number of carbonyl (C=O) groups is 4. The number of amides is 6. The topological polar surface area (TPSA) is 126 Å². The van der Waals surface area contributed by atoms with Gasteiger partial charge >= 0.3 is 12.1 Å². The number of hydrogen-bond acceptors (Lipinski definition) is 6. The third-order valence-corrected chi connectivity index (χ3v) is 3.80. The first-order chi connectivity index (χ1) is 12.3. The molecule has 2 heterocycles. The number of nitrogens with one attached hydrogen (secondary N) is 3. The summed E-state index contributed by atoms with van der Waals surface area (Å²) in [5, 5.41) is 7.00. The van der Waals surface area contributed by atoms with Gasteiger partial charge in [-0.15, -0.1) is 0 Å². The molecule has 0 bridgehead atoms. The predicted molar refractivity (Wildman–Crippen MR) is 88.9 cm³/mol. The van der Waals surface area contributed by atoms with Crippen LogP contribution in [0.15, 0.2) is 18.2 Å². The number of imide groups is 2. The van der Waals surface area contributed by atoms with E-state index in [0.717, 1.165) is 4.90 Å². The van der Waals surface area contributed by atoms with Crippen LogP contribution in [-0.4, -0.2) is 54.1 Å². The van der Waals surface area contributed by atoms with E-state index in [1.165, 1.54) is 13.8 Å². The van der Waals surface area contributed by atoms with E-state index in [1.807, 2.05) is 0 Å². The van der Waals surface area contributed by atoms with Crippen molar-refractivity contribution >= 4 is 29.6 Å². The number of nitrogens with zero attached hydrogens (tertiary/aromatic N) is 1. The van der Waals surface area contributed by atoms with Crippen molar-refractivity contribution in [3.8, 4) is 11.5 Å². The zero-order valence-corrected chi connectivity index (χ0v) is 14.3. The fraction of sp³-hybridized carbons (Fsp3) is 0.375. The molecule has 3 N–H and O–H groups in total. The van der Waals surface area contributed by atoms with Crippen molar-refractivity contribution in [1.29, 1.82) is 0 Å². The first-order valence-corrected chi connectivity index (χ1v) is 7.91. The highest BCUT2D eigenvalue weighted by atomic mass is 16.6. The molecular formula is C16H18N4O6. The summed E-state index contributed by atoms with van der Waals surface area (Å²) in [6.45, 7) is 3.36. The summed E-state index contributed by atoms with van der Waals surface area (Å²) >= 11 is 0. The Morgan fingerprint density at radius 2 is 1.88 bits per heavy atom. The Morgan fingerprint density at radius 1 is 1.19 bits per heavy atom. The number of hydrogen-bond donors (Lipinski definition) is 3. The SMILES string of the molecule is CC1(C)NC(=O)N(CC(=O)NC(=O)Nc2ccc3c(c2)OCCO3)C1=O. The molecule has 0 aliphatic carbocycles. The third kappa shape index (κ3) is 3.53. The molecule has 0 spiro atoms. The summed E-state index contributed by atoms with van der Waals surface area (Å²) in [7, 11) is 0. The van der Waals surface area contributed by atoms with E-state index in [0.29, 0.717) is 30.4 Å². The van der Waals surface area contributed by atoms with E-state index in [1.54, 1.807) is 18.2 Å². The zero-order valence-electron chi connectivity index (χ0n) is 14.3. The van der Waals surface area contributed by atoms with Gasteiger partial charge in [0.1, 0.15) is 25.3 Å². The first-order valence-electron chi connectivity index (χ1n) is 7.91. The lowest BCUT2D eigenvalue weighted by Crippen LogP contribution is -2.45. The van der Waals surface area contributed by atoms with E-state index in [4.69, 9.17) is 9.47 Å². The summed E-state index contributed by atoms with van der Waals surface area (Å²) < 4.78 is 10.8. The van der Waals surface area contributed by atoms with Crippen LogP contribution in [0.5, 0.6) is 11.5 Å². The number of urea groups is 2. The minimum Gasteiger partial charge on any atom is -0.486 e. The summed E-state index contributed by atoms with van der Waals surface area (Å²) in [4.78, 5) is 48.4. The fourth-order valence-electron chi connectivity index (χ4n) is 2.55. The highest BCUT2D eigenvalue weighted by Crippen LogP contribution is 2.32. The molecule has 10 nitrogen and oxygen atoms in total. The van der Waals surface area contributed by atoms with Gasteiger partial charge in [0.2, 0.25) is 5.91 Å². The van der Waals surface area contributed by atoms with E-state index in [-0.39, 0.29) is 0 Å². The van der Waals surface area contributed by atoms with Gasteiger partial charge in [-0.2, -0.15) is 0 Å². The van der Waals surface area contributed by atoms with Crippen molar-refractivity contribution in [2.45, 2.75) is 19.4 Å². The maximum atomic E-state index is 12.0. The molecule has 26 heavy (non-hydrogen) atoms. The Kier molecular flexibility index (Phi) is 4.41. The lowest BCUT2D eigenvalue weighted by molar-refractivity contribution is -0.133. The largest absolute Gasteiger partial charge is 0.486 e. The Hall–Kier alpha value is -3.30. The second kappa shape index (κ2) is 6.54. The van der Waals surface area contributed by atoms with Crippen molar-refractivity contribution < 1.29 is 28.7 Å². The lowest BCUT2D eigenvalue weighted by Gasteiger charge is -2.19. The molecular weight excluding hydrogens is 344 g/mol. The molecule has 1 aromatic carbocycles. The molecule has 1 saturated heterocycles. The quantitative estimate of drug-likeness (QED) is 0.670. The summed E-state index contributed by atoms with van der Waals surface area (Å²) in [5.41, 5.74) is -0.680. The maximum Gasteiger partial charge on any atom is 0.325 e. The Balaban J connectivity index is 1.56. The summed E-state index contributed by atoms with van der Waals surface area (Å²) in [6, 6.07) is 3.33. The van der Waals surface area contributed by atoms with Gasteiger partial charge in [-0.25, -0.2) is 9.59 Å². The zero-order chi connectivity index (χ0) is 18.9. The maximum absolute atomic E-state index is 12.0. The van der Waals surface area contributed by atoms with Gasteiger partial charge in [0.15, 0.2) is 11.5 Å². The normalized spacial score (nSPS) is 17.5. The molecule has 10 heteroatoms. The average Bonchev–Trinajstić information content (AvgIpc) is 2.76. The van der Waals surface area contributed by atoms with Gasteiger partial charge in [-0.1, -0.05) is 0 Å². The summed E-state index contributed by atoms with van der Waals surface area (Å²) in [6.07, 6.45) is 0. The molecule has 0 unspecified atom stereocenters. The smallest absolute Gasteiger partial charge is 0.325 e. The fourth-order valence-corrected chi connectivity index (χ4v) is 2.55. The minimum atomic E-state index is -1.08. The first kappa shape index (κ1) is 17.5. The molecule has 138 valence electrons. The van der Waals surface area contributed by atoms with Crippen molar-refractivity contribution in [3.05, 3.63) is 18.2 Å². The minimum absolute atomic E-state index is 0.399. The van der Waals surface area contributed by atoms with Crippen molar-refractivity contribution in [3.63, 3.8) is 0 Å². The van der Waals surface area contributed by atoms with Crippen LogP contribution in [0.1, 0.15) is 13.8 Å². The van der Waals surface area contributed by atoms with Crippen molar-refractivity contribution in [1.82, 2.24) is 15.5 Å². The molecule has 0 aromatic heterocycles. The van der Waals surface area contributed by atoms with Crippen LogP contribution in [0.3, 0.4) is 0 Å². The number of benzene rings is 1. The Bertz CT molecular complexity index is 791. The molecule has 6 amide bonds. The highest BCUT2D eigenvalue weighted by Gasteiger charge is 2.44. The van der Waals surface area contributed by atoms with E-state index in [2.05, 4.69) is 16.0 Å². The monoisotopic (exact) mass is 362 g/mol. The van der Waals surface area contributed by atoms with Gasteiger partial charge in [0.25, 0.3) is 5.91 Å². The van der Waals surface area contributed by atoms with Gasteiger partial charge in [-0.3, -0.25) is 19.8 Å². The molecule has 1 aromatic rings. The molecule has 0 radical (unpaired) electrons. The molecule has 0 atom stereocenters. The third-order valence-electron chi connectivity index (χ3n) is 3.80. The van der Waals surface area contributed by atoms with Crippen LogP contribution < -0.4 is 25.4 Å². The molecule has 1 fully saturated rings. The Morgan fingerprint density at radius 3 is 2.54 bits per heavy atom. The standard InChI is InChI=1S/C16H18N4O6/c1-16(2)13(22)20(15(24)19-16)8-12(21)18-14(23)17-9-3-4-10-11(7-9)26-6-5-25-10/h3-4,7H,5-6,8H2,1-2H3,(H,19,24)(H2,17,18,21,23). The molecule has 2 aliphatic rings. The van der Waals surface area contributed by atoms with Gasteiger partial charge in [0, 0.05) is 11.8 Å². The highest BCUT2D eigenvalue weighted by molar-refractivity contribution is 6.10. The second-order valence-corrected chi connectivity index (χ2v) is 6.31. The number of rotatable bonds is 3. The van der Waals surface area contributed by atoms with Crippen LogP contribution in [0.25, 0.3) is 0 Å². The van der Waals surface area contributed by atoms with Crippen LogP contribution in [0, 0.1) is 0 Å². The number of carbonyl (C=O) groups excluding carboxylic acids is 4. The van der Waals surface area contributed by atoms with E-state index in [9.17, 15) is 19.2 Å². The lowest BCUT2D eigenvalue weighted by atomic mass is 10.1. The van der Waals surface area contributed by atoms with Crippen molar-refractivity contribution in [2.24, 2.45) is 0 Å². The van der Waals surface area contributed by atoms with E-state index < -0.39 is 36.0 Å². The average molecular weight is 362 g/mol. The van der Waals surface area contributed by atoms with Gasteiger partial charge in [-0.05, 0) is 26.0 Å². The van der Waals surface area contributed by atoms with Crippen LogP contribution in [0.4, 0.5) is 15.3 Å². The van der Waals surface area contributed by atoms with Crippen LogP contribution >= 0.6 is 0 Å². The number of ether oxygens (including phenoxy) is 2. The van der Waals surface area contributed by atoms with E-state index >= 15 is 0 Å². The van der Waals surface area contributed by atoms with Gasteiger partial charge in [0.05, 0.1) is 0 Å². The summed E-state index contributed by atoms with van der Waals surface area (Å²) in [5.74, 6) is -0.271. The van der Waals surface area contributed by atoms with Gasteiger partial charge < -0.3 is 20.1 Å². The number of fused-ring (bicyclic) bond motifs is 1. The Labute approximate surface area is 148 Å². The number of anilines is 1. The molecule has 2 aliphatic heterocycles. The predicted octanol–water partition coefficient (Wildman–Crippen LogP) is 0.436. The second-order valence-electron chi connectivity index (χ2n) is 6.31. The molecule has 0 saturated carbocycles. The van der Waals surface area contributed by atoms with Crippen LogP contribution in [-0.2, 0) is 9.59 Å². The molecule has 3 rings (SSSR count). The van der Waals surface area contributed by atoms with Crippen LogP contribution in [0.2, 0.25) is 0 Å². The van der Waals surface area contributed by atoms with Crippen molar-refractivity contribution in [2.75, 3.05) is 25.1 Å².